The predicted octanol–water partition coefficient (Wildman–Crippen LogP) is 2.86. The SMILES string of the molecule is COC(=O)CCC/C=C/c1ccccc1C=O. The highest BCUT2D eigenvalue weighted by atomic mass is 16.5. The van der Waals surface area contributed by atoms with Crippen LogP contribution in [0.3, 0.4) is 0 Å². The van der Waals surface area contributed by atoms with Crippen LogP contribution in [0.25, 0.3) is 6.08 Å². The summed E-state index contributed by atoms with van der Waals surface area (Å²) in [6.07, 6.45) is 6.69. The lowest BCUT2D eigenvalue weighted by molar-refractivity contribution is -0.140. The Hall–Kier alpha value is -1.90. The fourth-order valence-electron chi connectivity index (χ4n) is 1.45. The Bertz CT molecular complexity index is 408. The fourth-order valence-corrected chi connectivity index (χ4v) is 1.45. The second kappa shape index (κ2) is 7.39. The van der Waals surface area contributed by atoms with Gasteiger partial charge in [-0.1, -0.05) is 36.4 Å². The van der Waals surface area contributed by atoms with Crippen molar-refractivity contribution in [3.63, 3.8) is 0 Å². The van der Waals surface area contributed by atoms with Crippen LogP contribution in [0, 0.1) is 0 Å². The van der Waals surface area contributed by atoms with Gasteiger partial charge < -0.3 is 4.74 Å². The van der Waals surface area contributed by atoms with Crippen LogP contribution < -0.4 is 0 Å². The smallest absolute Gasteiger partial charge is 0.305 e. The highest BCUT2D eigenvalue weighted by Crippen LogP contribution is 2.09. The molecule has 0 radical (unpaired) electrons. The minimum atomic E-state index is -0.188. The lowest BCUT2D eigenvalue weighted by Gasteiger charge is -1.98. The maximum Gasteiger partial charge on any atom is 0.305 e. The zero-order chi connectivity index (χ0) is 12.5. The van der Waals surface area contributed by atoms with Crippen molar-refractivity contribution in [1.82, 2.24) is 0 Å². The third-order valence-electron chi connectivity index (χ3n) is 2.40. The molecule has 0 aromatic heterocycles. The molecule has 0 bridgehead atoms. The Labute approximate surface area is 101 Å². The van der Waals surface area contributed by atoms with E-state index in [1.807, 2.05) is 30.4 Å². The zero-order valence-electron chi connectivity index (χ0n) is 9.89. The number of aldehydes is 1. The van der Waals surface area contributed by atoms with Crippen molar-refractivity contribution in [2.24, 2.45) is 0 Å². The zero-order valence-corrected chi connectivity index (χ0v) is 9.89. The number of ether oxygens (including phenoxy) is 1. The number of unbranched alkanes of at least 4 members (excludes halogenated alkanes) is 1. The van der Waals surface area contributed by atoms with E-state index in [2.05, 4.69) is 4.74 Å². The first-order valence-electron chi connectivity index (χ1n) is 5.55. The molecule has 0 N–H and O–H groups in total. The molecule has 0 aliphatic carbocycles. The number of carbonyl (C=O) groups is 2. The average Bonchev–Trinajstić information content (AvgIpc) is 2.38. The molecule has 0 heterocycles. The highest BCUT2D eigenvalue weighted by molar-refractivity contribution is 5.81. The summed E-state index contributed by atoms with van der Waals surface area (Å²) in [5.41, 5.74) is 1.58. The third-order valence-corrected chi connectivity index (χ3v) is 2.40. The van der Waals surface area contributed by atoms with Crippen molar-refractivity contribution in [2.45, 2.75) is 19.3 Å². The van der Waals surface area contributed by atoms with Crippen LogP contribution in [-0.4, -0.2) is 19.4 Å². The number of hydrogen-bond donors (Lipinski definition) is 0. The van der Waals surface area contributed by atoms with E-state index in [9.17, 15) is 9.59 Å². The van der Waals surface area contributed by atoms with Crippen molar-refractivity contribution < 1.29 is 14.3 Å². The van der Waals surface area contributed by atoms with Gasteiger partial charge in [0.25, 0.3) is 0 Å². The Morgan fingerprint density at radius 1 is 1.29 bits per heavy atom. The molecular formula is C14H16O3. The molecule has 0 amide bonds. The Morgan fingerprint density at radius 2 is 2.00 bits per heavy atom. The van der Waals surface area contributed by atoms with Crippen LogP contribution in [0.4, 0.5) is 0 Å². The van der Waals surface area contributed by atoms with Crippen molar-refractivity contribution in [3.05, 3.63) is 41.5 Å². The average molecular weight is 232 g/mol. The number of benzene rings is 1. The van der Waals surface area contributed by atoms with Gasteiger partial charge in [0.05, 0.1) is 7.11 Å². The van der Waals surface area contributed by atoms with Gasteiger partial charge in [0.15, 0.2) is 6.29 Å². The maximum atomic E-state index is 10.9. The summed E-state index contributed by atoms with van der Waals surface area (Å²) in [7, 11) is 1.39. The second-order valence-corrected chi connectivity index (χ2v) is 3.62. The first-order valence-corrected chi connectivity index (χ1v) is 5.55. The molecule has 0 spiro atoms. The number of methoxy groups -OCH3 is 1. The topological polar surface area (TPSA) is 43.4 Å². The van der Waals surface area contributed by atoms with Gasteiger partial charge in [-0.05, 0) is 18.4 Å². The monoisotopic (exact) mass is 232 g/mol. The summed E-state index contributed by atoms with van der Waals surface area (Å²) in [6.45, 7) is 0. The van der Waals surface area contributed by atoms with E-state index in [0.717, 1.165) is 24.7 Å². The van der Waals surface area contributed by atoms with Crippen molar-refractivity contribution in [1.29, 1.82) is 0 Å². The van der Waals surface area contributed by atoms with Crippen LogP contribution >= 0.6 is 0 Å². The van der Waals surface area contributed by atoms with Gasteiger partial charge in [0.2, 0.25) is 0 Å². The maximum absolute atomic E-state index is 10.9. The Balaban J connectivity index is 2.43. The van der Waals surface area contributed by atoms with E-state index in [0.29, 0.717) is 12.0 Å². The van der Waals surface area contributed by atoms with Crippen LogP contribution in [0.15, 0.2) is 30.3 Å². The standard InChI is InChI=1S/C14H16O3/c1-17-14(16)10-4-2-3-7-12-8-5-6-9-13(12)11-15/h3,5-9,11H,2,4,10H2,1H3/b7-3+. The summed E-state index contributed by atoms with van der Waals surface area (Å²) in [4.78, 5) is 21.6. The molecule has 0 unspecified atom stereocenters. The summed E-state index contributed by atoms with van der Waals surface area (Å²) < 4.78 is 4.54. The van der Waals surface area contributed by atoms with E-state index in [-0.39, 0.29) is 5.97 Å². The normalized spacial score (nSPS) is 10.4. The molecule has 0 saturated carbocycles. The minimum Gasteiger partial charge on any atom is -0.469 e. The Kier molecular flexibility index (Phi) is 5.72. The van der Waals surface area contributed by atoms with Gasteiger partial charge in [0.1, 0.15) is 0 Å². The van der Waals surface area contributed by atoms with Gasteiger partial charge in [-0.25, -0.2) is 0 Å². The quantitative estimate of drug-likeness (QED) is 0.430. The van der Waals surface area contributed by atoms with Gasteiger partial charge in [0, 0.05) is 12.0 Å². The van der Waals surface area contributed by atoms with Crippen LogP contribution in [0.5, 0.6) is 0 Å². The number of carbonyl (C=O) groups excluding carboxylic acids is 2. The molecular weight excluding hydrogens is 216 g/mol. The van der Waals surface area contributed by atoms with Crippen LogP contribution in [0.1, 0.15) is 35.2 Å². The van der Waals surface area contributed by atoms with Crippen molar-refractivity contribution in [3.8, 4) is 0 Å². The summed E-state index contributed by atoms with van der Waals surface area (Å²) in [5, 5.41) is 0. The summed E-state index contributed by atoms with van der Waals surface area (Å²) >= 11 is 0. The summed E-state index contributed by atoms with van der Waals surface area (Å²) in [6, 6.07) is 7.39. The predicted molar refractivity (Wildman–Crippen MR) is 66.7 cm³/mol. The molecule has 17 heavy (non-hydrogen) atoms. The molecule has 3 heteroatoms. The molecule has 0 atom stereocenters. The minimum absolute atomic E-state index is 0.188. The molecule has 0 fully saturated rings. The number of allylic oxidation sites excluding steroid dienone is 1. The van der Waals surface area contributed by atoms with Gasteiger partial charge in [-0.3, -0.25) is 9.59 Å². The summed E-state index contributed by atoms with van der Waals surface area (Å²) in [5.74, 6) is -0.188. The lowest BCUT2D eigenvalue weighted by Crippen LogP contribution is -1.98. The fraction of sp³-hybridized carbons (Fsp3) is 0.286. The third kappa shape index (κ3) is 4.64. The van der Waals surface area contributed by atoms with Gasteiger partial charge in [-0.15, -0.1) is 0 Å². The van der Waals surface area contributed by atoms with Crippen LogP contribution in [-0.2, 0) is 9.53 Å². The highest BCUT2D eigenvalue weighted by Gasteiger charge is 1.98. The molecule has 1 aromatic rings. The second-order valence-electron chi connectivity index (χ2n) is 3.62. The molecule has 3 nitrogen and oxygen atoms in total. The number of esters is 1. The van der Waals surface area contributed by atoms with E-state index in [1.165, 1.54) is 7.11 Å². The molecule has 0 aliphatic rings. The largest absolute Gasteiger partial charge is 0.469 e. The molecule has 90 valence electrons. The Morgan fingerprint density at radius 3 is 2.65 bits per heavy atom. The van der Waals surface area contributed by atoms with E-state index >= 15 is 0 Å². The van der Waals surface area contributed by atoms with E-state index < -0.39 is 0 Å². The van der Waals surface area contributed by atoms with Gasteiger partial charge in [-0.2, -0.15) is 0 Å². The first-order chi connectivity index (χ1) is 8.27. The molecule has 0 saturated heterocycles. The first kappa shape index (κ1) is 13.2. The van der Waals surface area contributed by atoms with Gasteiger partial charge >= 0.3 is 5.97 Å². The number of rotatable bonds is 6. The molecule has 0 aliphatic heterocycles. The molecule has 1 aromatic carbocycles. The van der Waals surface area contributed by atoms with Crippen LogP contribution in [0.2, 0.25) is 0 Å². The van der Waals surface area contributed by atoms with Crippen molar-refractivity contribution >= 4 is 18.3 Å². The molecule has 1 rings (SSSR count). The lowest BCUT2D eigenvalue weighted by atomic mass is 10.1. The number of hydrogen-bond acceptors (Lipinski definition) is 3. The van der Waals surface area contributed by atoms with E-state index in [4.69, 9.17) is 0 Å². The van der Waals surface area contributed by atoms with Crippen molar-refractivity contribution in [2.75, 3.05) is 7.11 Å². The van der Waals surface area contributed by atoms with E-state index in [1.54, 1.807) is 6.07 Å².